The summed E-state index contributed by atoms with van der Waals surface area (Å²) in [5.74, 6) is -0.216. The normalized spacial score (nSPS) is 10.7. The van der Waals surface area contributed by atoms with Crippen LogP contribution in [0, 0.1) is 10.1 Å². The van der Waals surface area contributed by atoms with Crippen molar-refractivity contribution in [2.75, 3.05) is 0 Å². The number of rotatable bonds is 3. The van der Waals surface area contributed by atoms with E-state index in [1.54, 1.807) is 6.07 Å². The quantitative estimate of drug-likeness (QED) is 0.525. The van der Waals surface area contributed by atoms with Crippen LogP contribution >= 0.6 is 0 Å². The summed E-state index contributed by atoms with van der Waals surface area (Å²) >= 11 is 0. The Labute approximate surface area is 109 Å². The molecule has 94 valence electrons. The Kier molecular flexibility index (Phi) is 2.76. The Bertz CT molecular complexity index is 731. The molecule has 1 aromatic heterocycles. The highest BCUT2D eigenvalue weighted by molar-refractivity contribution is 5.80. The van der Waals surface area contributed by atoms with Gasteiger partial charge in [0, 0.05) is 5.39 Å². The maximum atomic E-state index is 10.7. The average molecular weight is 253 g/mol. The average Bonchev–Trinajstić information content (AvgIpc) is 2.83. The SMILES string of the molecule is O=[N+]([O-])c1cc2cc(Cc3ccccc3)ccc2o1. The second-order valence-electron chi connectivity index (χ2n) is 4.38. The van der Waals surface area contributed by atoms with Crippen molar-refractivity contribution in [2.45, 2.75) is 6.42 Å². The monoisotopic (exact) mass is 253 g/mol. The number of hydrogen-bond acceptors (Lipinski definition) is 3. The zero-order valence-corrected chi connectivity index (χ0v) is 10.1. The standard InChI is InChI=1S/C15H11NO3/c17-16(18)15-10-13-9-12(6-7-14(13)19-15)8-11-4-2-1-3-5-11/h1-7,9-10H,8H2. The molecule has 0 aliphatic rings. The van der Waals surface area contributed by atoms with E-state index in [1.165, 1.54) is 11.6 Å². The molecule has 2 aromatic carbocycles. The molecular formula is C15H11NO3. The van der Waals surface area contributed by atoms with Crippen molar-refractivity contribution < 1.29 is 9.34 Å². The summed E-state index contributed by atoms with van der Waals surface area (Å²) in [6, 6.07) is 17.2. The van der Waals surface area contributed by atoms with Crippen LogP contribution in [0.15, 0.2) is 59.0 Å². The van der Waals surface area contributed by atoms with Crippen molar-refractivity contribution >= 4 is 16.9 Å². The van der Waals surface area contributed by atoms with Gasteiger partial charge in [-0.25, -0.2) is 0 Å². The van der Waals surface area contributed by atoms with E-state index in [2.05, 4.69) is 12.1 Å². The summed E-state index contributed by atoms with van der Waals surface area (Å²) in [4.78, 5) is 10.1. The van der Waals surface area contributed by atoms with Crippen LogP contribution in [0.1, 0.15) is 11.1 Å². The van der Waals surface area contributed by atoms with Crippen molar-refractivity contribution in [1.29, 1.82) is 0 Å². The van der Waals surface area contributed by atoms with Crippen LogP contribution in [0.2, 0.25) is 0 Å². The van der Waals surface area contributed by atoms with Gasteiger partial charge in [-0.1, -0.05) is 36.4 Å². The van der Waals surface area contributed by atoms with Gasteiger partial charge in [-0.3, -0.25) is 10.1 Å². The molecule has 0 spiro atoms. The lowest BCUT2D eigenvalue weighted by Crippen LogP contribution is -1.86. The van der Waals surface area contributed by atoms with E-state index in [0.29, 0.717) is 5.58 Å². The van der Waals surface area contributed by atoms with Crippen LogP contribution in [0.3, 0.4) is 0 Å². The van der Waals surface area contributed by atoms with Gasteiger partial charge in [0.2, 0.25) is 0 Å². The number of nitro groups is 1. The van der Waals surface area contributed by atoms with Crippen LogP contribution < -0.4 is 0 Å². The molecule has 0 N–H and O–H groups in total. The van der Waals surface area contributed by atoms with Crippen LogP contribution in [0.25, 0.3) is 11.0 Å². The first-order chi connectivity index (χ1) is 9.22. The Hall–Kier alpha value is -2.62. The first kappa shape index (κ1) is 11.5. The van der Waals surface area contributed by atoms with Gasteiger partial charge in [0.15, 0.2) is 0 Å². The lowest BCUT2D eigenvalue weighted by Gasteiger charge is -2.01. The van der Waals surface area contributed by atoms with E-state index in [4.69, 9.17) is 4.42 Å². The van der Waals surface area contributed by atoms with E-state index < -0.39 is 4.92 Å². The second-order valence-corrected chi connectivity index (χ2v) is 4.38. The summed E-state index contributed by atoms with van der Waals surface area (Å²) in [6.45, 7) is 0. The third kappa shape index (κ3) is 2.33. The highest BCUT2D eigenvalue weighted by Gasteiger charge is 2.13. The topological polar surface area (TPSA) is 56.3 Å². The van der Waals surface area contributed by atoms with Gasteiger partial charge in [-0.15, -0.1) is 0 Å². The highest BCUT2D eigenvalue weighted by atomic mass is 16.6. The Morgan fingerprint density at radius 1 is 1.00 bits per heavy atom. The minimum absolute atomic E-state index is 0.216. The van der Waals surface area contributed by atoms with Crippen LogP contribution in [0.5, 0.6) is 0 Å². The summed E-state index contributed by atoms with van der Waals surface area (Å²) in [5, 5.41) is 11.4. The predicted molar refractivity (Wildman–Crippen MR) is 72.1 cm³/mol. The molecule has 0 bridgehead atoms. The van der Waals surface area contributed by atoms with E-state index >= 15 is 0 Å². The second kappa shape index (κ2) is 4.57. The lowest BCUT2D eigenvalue weighted by molar-refractivity contribution is -0.401. The number of furan rings is 1. The lowest BCUT2D eigenvalue weighted by atomic mass is 10.0. The molecule has 0 saturated carbocycles. The number of hydrogen-bond donors (Lipinski definition) is 0. The summed E-state index contributed by atoms with van der Waals surface area (Å²) < 4.78 is 5.14. The highest BCUT2D eigenvalue weighted by Crippen LogP contribution is 2.26. The first-order valence-electron chi connectivity index (χ1n) is 5.93. The van der Waals surface area contributed by atoms with Crippen molar-refractivity contribution in [3.63, 3.8) is 0 Å². The van der Waals surface area contributed by atoms with Crippen LogP contribution in [-0.4, -0.2) is 4.92 Å². The van der Waals surface area contributed by atoms with E-state index in [1.807, 2.05) is 30.3 Å². The fraction of sp³-hybridized carbons (Fsp3) is 0.0667. The van der Waals surface area contributed by atoms with Gasteiger partial charge in [-0.2, -0.15) is 0 Å². The Balaban J connectivity index is 1.95. The van der Waals surface area contributed by atoms with Crippen LogP contribution in [0.4, 0.5) is 5.88 Å². The molecule has 4 heteroatoms. The van der Waals surface area contributed by atoms with Crippen molar-refractivity contribution in [3.05, 3.63) is 75.8 Å². The minimum atomic E-state index is -0.517. The molecule has 0 saturated heterocycles. The van der Waals surface area contributed by atoms with Crippen molar-refractivity contribution in [1.82, 2.24) is 0 Å². The molecule has 0 atom stereocenters. The third-order valence-corrected chi connectivity index (χ3v) is 3.00. The molecule has 3 rings (SSSR count). The van der Waals surface area contributed by atoms with Gasteiger partial charge in [-0.05, 0) is 29.7 Å². The largest absolute Gasteiger partial charge is 0.434 e. The molecule has 1 heterocycles. The van der Waals surface area contributed by atoms with Crippen LogP contribution in [-0.2, 0) is 6.42 Å². The third-order valence-electron chi connectivity index (χ3n) is 3.00. The smallest absolute Gasteiger partial charge is 0.401 e. The van der Waals surface area contributed by atoms with E-state index in [9.17, 15) is 10.1 Å². The number of fused-ring (bicyclic) bond motifs is 1. The Morgan fingerprint density at radius 2 is 1.79 bits per heavy atom. The van der Waals surface area contributed by atoms with Gasteiger partial charge >= 0.3 is 5.88 Å². The number of benzene rings is 2. The van der Waals surface area contributed by atoms with E-state index in [-0.39, 0.29) is 5.88 Å². The minimum Gasteiger partial charge on any atom is -0.401 e. The molecule has 0 unspecified atom stereocenters. The summed E-state index contributed by atoms with van der Waals surface area (Å²) in [6.07, 6.45) is 0.801. The van der Waals surface area contributed by atoms with Gasteiger partial charge < -0.3 is 4.42 Å². The molecule has 4 nitrogen and oxygen atoms in total. The molecule has 0 aliphatic carbocycles. The first-order valence-corrected chi connectivity index (χ1v) is 5.93. The van der Waals surface area contributed by atoms with Gasteiger partial charge in [0.25, 0.3) is 0 Å². The summed E-state index contributed by atoms with van der Waals surface area (Å²) in [5.41, 5.74) is 2.86. The van der Waals surface area contributed by atoms with Gasteiger partial charge in [0.05, 0.1) is 6.07 Å². The molecular weight excluding hydrogens is 242 g/mol. The van der Waals surface area contributed by atoms with E-state index in [0.717, 1.165) is 17.4 Å². The van der Waals surface area contributed by atoms with Crippen molar-refractivity contribution in [2.24, 2.45) is 0 Å². The maximum absolute atomic E-state index is 10.7. The molecule has 0 radical (unpaired) electrons. The molecule has 0 fully saturated rings. The molecule has 3 aromatic rings. The summed E-state index contributed by atoms with van der Waals surface area (Å²) in [7, 11) is 0. The fourth-order valence-electron chi connectivity index (χ4n) is 2.11. The maximum Gasteiger partial charge on any atom is 0.434 e. The van der Waals surface area contributed by atoms with Gasteiger partial charge in [0.1, 0.15) is 10.5 Å². The molecule has 19 heavy (non-hydrogen) atoms. The fourth-order valence-corrected chi connectivity index (χ4v) is 2.11. The van der Waals surface area contributed by atoms with Crippen molar-refractivity contribution in [3.8, 4) is 0 Å². The Morgan fingerprint density at radius 3 is 2.53 bits per heavy atom. The predicted octanol–water partition coefficient (Wildman–Crippen LogP) is 3.93. The zero-order chi connectivity index (χ0) is 13.2. The molecule has 0 amide bonds. The molecule has 0 aliphatic heterocycles. The zero-order valence-electron chi connectivity index (χ0n) is 10.1. The number of nitrogens with zero attached hydrogens (tertiary/aromatic N) is 1.